The van der Waals surface area contributed by atoms with Crippen molar-refractivity contribution in [2.24, 2.45) is 0 Å². The maximum absolute atomic E-state index is 11.1. The van der Waals surface area contributed by atoms with Crippen LogP contribution >= 0.6 is 0 Å². The van der Waals surface area contributed by atoms with Crippen LogP contribution in [0.1, 0.15) is 12.5 Å². The van der Waals surface area contributed by atoms with E-state index in [1.807, 2.05) is 12.1 Å². The molecule has 1 aromatic rings. The van der Waals surface area contributed by atoms with E-state index in [0.717, 1.165) is 5.56 Å². The number of carbonyl (C=O) groups excluding carboxylic acids is 1. The van der Waals surface area contributed by atoms with Crippen molar-refractivity contribution in [3.63, 3.8) is 0 Å². The van der Waals surface area contributed by atoms with Crippen molar-refractivity contribution in [3.8, 4) is 24.2 Å². The van der Waals surface area contributed by atoms with Crippen LogP contribution in [-0.2, 0) is 4.74 Å². The maximum atomic E-state index is 11.1. The van der Waals surface area contributed by atoms with Gasteiger partial charge in [0.1, 0.15) is 0 Å². The van der Waals surface area contributed by atoms with Crippen LogP contribution in [0.2, 0.25) is 0 Å². The molecular formula is C13H11NO2. The normalized spacial score (nSPS) is 8.25. The van der Waals surface area contributed by atoms with Crippen LogP contribution in [0.15, 0.2) is 24.3 Å². The van der Waals surface area contributed by atoms with Crippen molar-refractivity contribution < 1.29 is 9.53 Å². The first-order valence-corrected chi connectivity index (χ1v) is 4.66. The third-order valence-corrected chi connectivity index (χ3v) is 1.69. The number of rotatable bonds is 2. The molecule has 0 spiro atoms. The van der Waals surface area contributed by atoms with E-state index in [0.29, 0.717) is 5.69 Å². The summed E-state index contributed by atoms with van der Waals surface area (Å²) in [6.07, 6.45) is 4.39. The van der Waals surface area contributed by atoms with Crippen LogP contribution < -0.4 is 5.32 Å². The average Bonchev–Trinajstić information content (AvgIpc) is 2.29. The summed E-state index contributed by atoms with van der Waals surface area (Å²) in [6.45, 7) is 1.73. The second-order valence-corrected chi connectivity index (χ2v) is 2.86. The summed E-state index contributed by atoms with van der Waals surface area (Å²) < 4.78 is 4.66. The van der Waals surface area contributed by atoms with E-state index >= 15 is 0 Å². The number of carbonyl (C=O) groups is 1. The fourth-order valence-electron chi connectivity index (χ4n) is 1.04. The molecule has 1 amide bonds. The molecule has 0 aliphatic heterocycles. The fourth-order valence-corrected chi connectivity index (χ4v) is 1.04. The number of amides is 1. The van der Waals surface area contributed by atoms with E-state index < -0.39 is 6.09 Å². The Morgan fingerprint density at radius 2 is 2.12 bits per heavy atom. The predicted molar refractivity (Wildman–Crippen MR) is 62.8 cm³/mol. The number of nitrogens with one attached hydrogen (secondary N) is 1. The second kappa shape index (κ2) is 6.16. The Morgan fingerprint density at radius 1 is 1.44 bits per heavy atom. The summed E-state index contributed by atoms with van der Waals surface area (Å²) in [7, 11) is 0. The molecule has 0 unspecified atom stereocenters. The number of hydrogen-bond acceptors (Lipinski definition) is 2. The Bertz CT molecular complexity index is 457. The van der Waals surface area contributed by atoms with Gasteiger partial charge in [0.15, 0.2) is 6.61 Å². The van der Waals surface area contributed by atoms with E-state index in [1.54, 1.807) is 19.1 Å². The molecule has 80 valence electrons. The van der Waals surface area contributed by atoms with Gasteiger partial charge in [0.2, 0.25) is 0 Å². The highest BCUT2D eigenvalue weighted by Crippen LogP contribution is 2.08. The van der Waals surface area contributed by atoms with Crippen LogP contribution in [0, 0.1) is 24.2 Å². The van der Waals surface area contributed by atoms with Crippen molar-refractivity contribution in [1.29, 1.82) is 0 Å². The summed E-state index contributed by atoms with van der Waals surface area (Å²) in [6, 6.07) is 7.12. The first kappa shape index (κ1) is 11.7. The average molecular weight is 213 g/mol. The van der Waals surface area contributed by atoms with E-state index in [-0.39, 0.29) is 6.61 Å². The molecule has 0 radical (unpaired) electrons. The molecule has 0 saturated carbocycles. The molecule has 16 heavy (non-hydrogen) atoms. The molecule has 0 atom stereocenters. The molecule has 1 N–H and O–H groups in total. The highest BCUT2D eigenvalue weighted by atomic mass is 16.5. The molecule has 1 aromatic carbocycles. The van der Waals surface area contributed by atoms with E-state index in [1.165, 1.54) is 0 Å². The largest absolute Gasteiger partial charge is 0.436 e. The monoisotopic (exact) mass is 213 g/mol. The first-order valence-electron chi connectivity index (χ1n) is 4.66. The number of ether oxygens (including phenoxy) is 1. The lowest BCUT2D eigenvalue weighted by molar-refractivity contribution is 0.176. The standard InChI is InChI=1S/C13H11NO2/c1-3-5-11-6-8-12(9-7-11)14-13(15)16-10-4-2/h2,6-9H,10H2,1H3,(H,14,15). The first-order chi connectivity index (χ1) is 7.76. The minimum atomic E-state index is -0.563. The van der Waals surface area contributed by atoms with Gasteiger partial charge in [0.05, 0.1) is 0 Å². The molecule has 0 fully saturated rings. The van der Waals surface area contributed by atoms with Gasteiger partial charge in [-0.05, 0) is 31.2 Å². The van der Waals surface area contributed by atoms with Crippen molar-refractivity contribution >= 4 is 11.8 Å². The van der Waals surface area contributed by atoms with Gasteiger partial charge in [0.25, 0.3) is 0 Å². The lowest BCUT2D eigenvalue weighted by atomic mass is 10.2. The highest BCUT2D eigenvalue weighted by Gasteiger charge is 2.01. The fraction of sp³-hybridized carbons (Fsp3) is 0.154. The van der Waals surface area contributed by atoms with Gasteiger partial charge < -0.3 is 4.74 Å². The lowest BCUT2D eigenvalue weighted by Crippen LogP contribution is -2.13. The van der Waals surface area contributed by atoms with Gasteiger partial charge in [-0.3, -0.25) is 5.32 Å². The zero-order valence-electron chi connectivity index (χ0n) is 8.91. The lowest BCUT2D eigenvalue weighted by Gasteiger charge is -2.04. The summed E-state index contributed by atoms with van der Waals surface area (Å²) in [5.74, 6) is 7.90. The van der Waals surface area contributed by atoms with E-state index in [4.69, 9.17) is 6.42 Å². The van der Waals surface area contributed by atoms with Crippen LogP contribution in [0.25, 0.3) is 0 Å². The predicted octanol–water partition coefficient (Wildman–Crippen LogP) is 2.24. The Labute approximate surface area is 94.8 Å². The summed E-state index contributed by atoms with van der Waals surface area (Å²) in [5, 5.41) is 2.54. The molecule has 0 bridgehead atoms. The third-order valence-electron chi connectivity index (χ3n) is 1.69. The van der Waals surface area contributed by atoms with Gasteiger partial charge in [-0.15, -0.1) is 12.3 Å². The number of terminal acetylenes is 1. The van der Waals surface area contributed by atoms with Gasteiger partial charge >= 0.3 is 6.09 Å². The zero-order chi connectivity index (χ0) is 11.8. The van der Waals surface area contributed by atoms with E-state index in [9.17, 15) is 4.79 Å². The molecule has 0 heterocycles. The molecular weight excluding hydrogens is 202 g/mol. The van der Waals surface area contributed by atoms with Gasteiger partial charge in [0, 0.05) is 11.3 Å². The Hall–Kier alpha value is -2.39. The van der Waals surface area contributed by atoms with Crippen molar-refractivity contribution in [2.45, 2.75) is 6.92 Å². The van der Waals surface area contributed by atoms with Gasteiger partial charge in [-0.2, -0.15) is 0 Å². The molecule has 0 aliphatic carbocycles. The van der Waals surface area contributed by atoms with E-state index in [2.05, 4.69) is 27.8 Å². The van der Waals surface area contributed by atoms with Crippen LogP contribution in [0.4, 0.5) is 10.5 Å². The molecule has 3 nitrogen and oxygen atoms in total. The Balaban J connectivity index is 2.57. The molecule has 3 heteroatoms. The number of hydrogen-bond donors (Lipinski definition) is 1. The number of anilines is 1. The Kier molecular flexibility index (Phi) is 4.50. The summed E-state index contributed by atoms with van der Waals surface area (Å²) in [4.78, 5) is 11.1. The smallest absolute Gasteiger partial charge is 0.412 e. The zero-order valence-corrected chi connectivity index (χ0v) is 8.91. The van der Waals surface area contributed by atoms with Crippen LogP contribution in [0.5, 0.6) is 0 Å². The number of benzene rings is 1. The topological polar surface area (TPSA) is 38.3 Å². The SMILES string of the molecule is C#CCOC(=O)Nc1ccc(C#CC)cc1. The van der Waals surface area contributed by atoms with Gasteiger partial charge in [-0.25, -0.2) is 4.79 Å². The second-order valence-electron chi connectivity index (χ2n) is 2.86. The molecule has 0 aliphatic rings. The third kappa shape index (κ3) is 3.77. The summed E-state index contributed by atoms with van der Waals surface area (Å²) in [5.41, 5.74) is 1.54. The van der Waals surface area contributed by atoms with Crippen molar-refractivity contribution in [2.75, 3.05) is 11.9 Å². The Morgan fingerprint density at radius 3 is 2.69 bits per heavy atom. The van der Waals surface area contributed by atoms with Crippen LogP contribution in [0.3, 0.4) is 0 Å². The van der Waals surface area contributed by atoms with Crippen LogP contribution in [-0.4, -0.2) is 12.7 Å². The highest BCUT2D eigenvalue weighted by molar-refractivity contribution is 5.84. The minimum absolute atomic E-state index is 0.0365. The summed E-state index contributed by atoms with van der Waals surface area (Å²) >= 11 is 0. The molecule has 0 aromatic heterocycles. The van der Waals surface area contributed by atoms with Crippen molar-refractivity contribution in [1.82, 2.24) is 0 Å². The molecule has 0 saturated heterocycles. The molecule has 1 rings (SSSR count). The van der Waals surface area contributed by atoms with Crippen molar-refractivity contribution in [3.05, 3.63) is 29.8 Å². The minimum Gasteiger partial charge on any atom is -0.436 e. The van der Waals surface area contributed by atoms with Gasteiger partial charge in [-0.1, -0.05) is 11.8 Å². The maximum Gasteiger partial charge on any atom is 0.412 e. The quantitative estimate of drug-likeness (QED) is 0.765.